The van der Waals surface area contributed by atoms with Crippen LogP contribution >= 0.6 is 0 Å². The predicted octanol–water partition coefficient (Wildman–Crippen LogP) is 1.49. The van der Waals surface area contributed by atoms with Crippen LogP contribution < -0.4 is 10.6 Å². The molecule has 0 aliphatic carbocycles. The van der Waals surface area contributed by atoms with Crippen LogP contribution in [0.15, 0.2) is 24.4 Å². The maximum Gasteiger partial charge on any atom is 0.250 e. The Bertz CT molecular complexity index is 809. The first-order chi connectivity index (χ1) is 13.1. The summed E-state index contributed by atoms with van der Waals surface area (Å²) in [6.45, 7) is 5.30. The summed E-state index contributed by atoms with van der Waals surface area (Å²) in [5.74, 6) is -0.0684. The summed E-state index contributed by atoms with van der Waals surface area (Å²) >= 11 is 0. The van der Waals surface area contributed by atoms with E-state index in [0.29, 0.717) is 31.9 Å². The van der Waals surface area contributed by atoms with E-state index in [9.17, 15) is 9.59 Å². The average molecular weight is 373 g/mol. The van der Waals surface area contributed by atoms with Crippen LogP contribution in [0.5, 0.6) is 0 Å². The van der Waals surface area contributed by atoms with E-state index in [1.165, 1.54) is 0 Å². The van der Waals surface area contributed by atoms with Crippen molar-refractivity contribution in [3.8, 4) is 0 Å². The van der Waals surface area contributed by atoms with Crippen molar-refractivity contribution in [2.75, 3.05) is 33.4 Å². The van der Waals surface area contributed by atoms with E-state index in [-0.39, 0.29) is 11.7 Å². The van der Waals surface area contributed by atoms with Crippen LogP contribution in [0.3, 0.4) is 0 Å². The van der Waals surface area contributed by atoms with Crippen molar-refractivity contribution in [2.24, 2.45) is 0 Å². The van der Waals surface area contributed by atoms with Crippen LogP contribution in [-0.2, 0) is 27.4 Å². The molecule has 3 rings (SSSR count). The Labute approximate surface area is 159 Å². The summed E-state index contributed by atoms with van der Waals surface area (Å²) in [4.78, 5) is 24.1. The van der Waals surface area contributed by atoms with E-state index in [2.05, 4.69) is 15.2 Å². The topological polar surface area (TPSA) is 81.6 Å². The number of benzene rings is 1. The van der Waals surface area contributed by atoms with Gasteiger partial charge in [-0.1, -0.05) is 12.1 Å². The molecule has 0 saturated carbocycles. The number of nitrogens with one attached hydrogen (secondary N) is 2. The Morgan fingerprint density at radius 1 is 1.41 bits per heavy atom. The summed E-state index contributed by atoms with van der Waals surface area (Å²) in [5.41, 5.74) is 2.71. The summed E-state index contributed by atoms with van der Waals surface area (Å²) in [6, 6.07) is 5.71. The van der Waals surface area contributed by atoms with Crippen molar-refractivity contribution in [2.45, 2.75) is 32.5 Å². The summed E-state index contributed by atoms with van der Waals surface area (Å²) < 4.78 is 12.8. The average Bonchev–Trinajstić information content (AvgIpc) is 3.04. The molecule has 1 amide bonds. The molecule has 1 aliphatic rings. The SMILES string of the molecule is COCCCn1cc(CNC(=O)[C@H]2CNCCO2)c2ccc(C(C)=O)cc21. The number of ether oxygens (including phenoxy) is 2. The number of aryl methyl sites for hydroxylation is 1. The van der Waals surface area contributed by atoms with Crippen LogP contribution in [0, 0.1) is 0 Å². The molecule has 2 N–H and O–H groups in total. The van der Waals surface area contributed by atoms with Crippen LogP contribution in [0.1, 0.15) is 29.3 Å². The third kappa shape index (κ3) is 4.74. The van der Waals surface area contributed by atoms with Gasteiger partial charge >= 0.3 is 0 Å². The lowest BCUT2D eigenvalue weighted by Crippen LogP contribution is -2.47. The minimum absolute atomic E-state index is 0.0401. The maximum absolute atomic E-state index is 12.3. The molecule has 1 aromatic heterocycles. The highest BCUT2D eigenvalue weighted by molar-refractivity contribution is 5.98. The number of fused-ring (bicyclic) bond motifs is 1. The number of aromatic nitrogens is 1. The number of carbonyl (C=O) groups is 2. The minimum atomic E-state index is -0.446. The van der Waals surface area contributed by atoms with Gasteiger partial charge in [-0.2, -0.15) is 0 Å². The first-order valence-corrected chi connectivity index (χ1v) is 9.32. The Kier molecular flexibility index (Phi) is 6.60. The van der Waals surface area contributed by atoms with Crippen LogP contribution in [0.4, 0.5) is 0 Å². The van der Waals surface area contributed by atoms with Gasteiger partial charge in [0.05, 0.1) is 6.61 Å². The largest absolute Gasteiger partial charge is 0.385 e. The van der Waals surface area contributed by atoms with Crippen LogP contribution in [0.2, 0.25) is 0 Å². The van der Waals surface area contributed by atoms with Crippen molar-refractivity contribution in [3.63, 3.8) is 0 Å². The summed E-state index contributed by atoms with van der Waals surface area (Å²) in [5, 5.41) is 7.17. The van der Waals surface area contributed by atoms with Crippen molar-refractivity contribution >= 4 is 22.6 Å². The predicted molar refractivity (Wildman–Crippen MR) is 103 cm³/mol. The smallest absolute Gasteiger partial charge is 0.250 e. The van der Waals surface area contributed by atoms with Crippen molar-refractivity contribution in [3.05, 3.63) is 35.5 Å². The van der Waals surface area contributed by atoms with Crippen LogP contribution in [0.25, 0.3) is 10.9 Å². The van der Waals surface area contributed by atoms with Gasteiger partial charge in [-0.3, -0.25) is 9.59 Å². The van der Waals surface area contributed by atoms with Crippen molar-refractivity contribution in [1.82, 2.24) is 15.2 Å². The lowest BCUT2D eigenvalue weighted by Gasteiger charge is -2.22. The number of hydrogen-bond donors (Lipinski definition) is 2. The number of Topliss-reactive ketones (excluding diaryl/α,β-unsaturated/α-hetero) is 1. The van der Waals surface area contributed by atoms with E-state index in [4.69, 9.17) is 9.47 Å². The molecule has 1 fully saturated rings. The molecule has 1 saturated heterocycles. The molecule has 1 atom stereocenters. The van der Waals surface area contributed by atoms with E-state index in [0.717, 1.165) is 36.0 Å². The third-order valence-corrected chi connectivity index (χ3v) is 4.79. The Hall–Kier alpha value is -2.22. The highest BCUT2D eigenvalue weighted by Crippen LogP contribution is 2.24. The molecule has 0 bridgehead atoms. The molecule has 1 aromatic carbocycles. The van der Waals surface area contributed by atoms with Gasteiger partial charge < -0.3 is 24.7 Å². The molecule has 1 aliphatic heterocycles. The van der Waals surface area contributed by atoms with E-state index >= 15 is 0 Å². The molecular formula is C20H27N3O4. The number of carbonyl (C=O) groups excluding carboxylic acids is 2. The van der Waals surface area contributed by atoms with Gasteiger partial charge in [-0.05, 0) is 25.0 Å². The first kappa shape index (κ1) is 19.5. The molecule has 146 valence electrons. The number of methoxy groups -OCH3 is 1. The number of ketones is 1. The second kappa shape index (κ2) is 9.12. The fraction of sp³-hybridized carbons (Fsp3) is 0.500. The number of amides is 1. The fourth-order valence-electron chi connectivity index (χ4n) is 3.32. The van der Waals surface area contributed by atoms with Crippen molar-refractivity contribution in [1.29, 1.82) is 0 Å². The zero-order chi connectivity index (χ0) is 19.2. The molecule has 0 radical (unpaired) electrons. The fourth-order valence-corrected chi connectivity index (χ4v) is 3.32. The number of morpholine rings is 1. The minimum Gasteiger partial charge on any atom is -0.385 e. The van der Waals surface area contributed by atoms with Gasteiger partial charge in [0.1, 0.15) is 6.10 Å². The van der Waals surface area contributed by atoms with E-state index < -0.39 is 6.10 Å². The van der Waals surface area contributed by atoms with Gasteiger partial charge in [-0.25, -0.2) is 0 Å². The lowest BCUT2D eigenvalue weighted by atomic mass is 10.1. The highest BCUT2D eigenvalue weighted by Gasteiger charge is 2.21. The molecule has 7 heteroatoms. The first-order valence-electron chi connectivity index (χ1n) is 9.32. The van der Waals surface area contributed by atoms with Gasteiger partial charge in [0.15, 0.2) is 5.78 Å². The maximum atomic E-state index is 12.3. The highest BCUT2D eigenvalue weighted by atomic mass is 16.5. The molecule has 2 heterocycles. The number of hydrogen-bond acceptors (Lipinski definition) is 5. The molecule has 2 aromatic rings. The summed E-state index contributed by atoms with van der Waals surface area (Å²) in [6.07, 6.45) is 2.47. The molecule has 27 heavy (non-hydrogen) atoms. The standard InChI is InChI=1S/C20H27N3O4/c1-14(24)15-4-5-17-16(11-22-20(25)19-12-21-6-9-27-19)13-23(18(17)10-15)7-3-8-26-2/h4-5,10,13,19,21H,3,6-9,11-12H2,1-2H3,(H,22,25)/t19-/m1/s1. The normalized spacial score (nSPS) is 17.2. The molecular weight excluding hydrogens is 346 g/mol. The molecule has 0 unspecified atom stereocenters. The monoisotopic (exact) mass is 373 g/mol. The number of rotatable bonds is 8. The van der Waals surface area contributed by atoms with Gasteiger partial charge in [0.2, 0.25) is 0 Å². The van der Waals surface area contributed by atoms with E-state index in [1.807, 2.05) is 24.4 Å². The second-order valence-corrected chi connectivity index (χ2v) is 6.76. The zero-order valence-corrected chi connectivity index (χ0v) is 15.9. The van der Waals surface area contributed by atoms with Crippen LogP contribution in [-0.4, -0.2) is 55.8 Å². The van der Waals surface area contributed by atoms with Gasteiger partial charge in [0.25, 0.3) is 5.91 Å². The van der Waals surface area contributed by atoms with Gasteiger partial charge in [-0.15, -0.1) is 0 Å². The lowest BCUT2D eigenvalue weighted by molar-refractivity contribution is -0.134. The number of nitrogens with zero attached hydrogens (tertiary/aromatic N) is 1. The summed E-state index contributed by atoms with van der Waals surface area (Å²) in [7, 11) is 1.69. The van der Waals surface area contributed by atoms with E-state index in [1.54, 1.807) is 14.0 Å². The van der Waals surface area contributed by atoms with Gasteiger partial charge in [0, 0.05) is 62.6 Å². The Morgan fingerprint density at radius 3 is 2.96 bits per heavy atom. The quantitative estimate of drug-likeness (QED) is 0.541. The Balaban J connectivity index is 1.79. The molecule has 7 nitrogen and oxygen atoms in total. The molecule has 0 spiro atoms. The second-order valence-electron chi connectivity index (χ2n) is 6.76. The third-order valence-electron chi connectivity index (χ3n) is 4.79. The Morgan fingerprint density at radius 2 is 2.26 bits per heavy atom. The zero-order valence-electron chi connectivity index (χ0n) is 15.9. The van der Waals surface area contributed by atoms with Crippen molar-refractivity contribution < 1.29 is 19.1 Å².